The van der Waals surface area contributed by atoms with Crippen molar-refractivity contribution < 1.29 is 0 Å². The largest absolute Gasteiger partial charge is 0.316 e. The number of benzene rings is 1. The number of aryl methyl sites for hydroxylation is 1. The standard InChI is InChI=1S/C17H23NS/c1-17(2,16-11-7-13-19-16)14-18-12-6-10-15-8-4-3-5-9-15/h3-5,7-9,11,13,18H,6,10,12,14H2,1-2H3. The lowest BCUT2D eigenvalue weighted by Crippen LogP contribution is -2.32. The normalized spacial score (nSPS) is 11.7. The minimum atomic E-state index is 0.237. The summed E-state index contributed by atoms with van der Waals surface area (Å²) >= 11 is 1.85. The molecule has 0 saturated carbocycles. The lowest BCUT2D eigenvalue weighted by atomic mass is 9.91. The van der Waals surface area contributed by atoms with Crippen LogP contribution < -0.4 is 5.32 Å². The third-order valence-corrected chi connectivity index (χ3v) is 4.65. The highest BCUT2D eigenvalue weighted by Gasteiger charge is 2.20. The van der Waals surface area contributed by atoms with E-state index in [-0.39, 0.29) is 5.41 Å². The van der Waals surface area contributed by atoms with Gasteiger partial charge in [0.15, 0.2) is 0 Å². The second-order valence-electron chi connectivity index (χ2n) is 5.63. The first-order chi connectivity index (χ1) is 9.18. The van der Waals surface area contributed by atoms with Crippen molar-refractivity contribution in [2.75, 3.05) is 13.1 Å². The van der Waals surface area contributed by atoms with Gasteiger partial charge in [0.2, 0.25) is 0 Å². The van der Waals surface area contributed by atoms with Crippen LogP contribution >= 0.6 is 11.3 Å². The molecule has 0 fully saturated rings. The Hall–Kier alpha value is -1.12. The van der Waals surface area contributed by atoms with E-state index in [4.69, 9.17) is 0 Å². The first-order valence-corrected chi connectivity index (χ1v) is 7.85. The summed E-state index contributed by atoms with van der Waals surface area (Å²) in [7, 11) is 0. The molecular weight excluding hydrogens is 250 g/mol. The Morgan fingerprint density at radius 1 is 1.05 bits per heavy atom. The zero-order chi connectivity index (χ0) is 13.6. The van der Waals surface area contributed by atoms with E-state index in [1.54, 1.807) is 0 Å². The summed E-state index contributed by atoms with van der Waals surface area (Å²) in [5.74, 6) is 0. The van der Waals surface area contributed by atoms with E-state index in [2.05, 4.69) is 67.0 Å². The van der Waals surface area contributed by atoms with Gasteiger partial charge >= 0.3 is 0 Å². The summed E-state index contributed by atoms with van der Waals surface area (Å²) < 4.78 is 0. The minimum absolute atomic E-state index is 0.237. The average Bonchev–Trinajstić information content (AvgIpc) is 2.94. The van der Waals surface area contributed by atoms with Crippen molar-refractivity contribution in [3.63, 3.8) is 0 Å². The van der Waals surface area contributed by atoms with Crippen molar-refractivity contribution >= 4 is 11.3 Å². The summed E-state index contributed by atoms with van der Waals surface area (Å²) in [6.45, 7) is 6.75. The van der Waals surface area contributed by atoms with Crippen molar-refractivity contribution in [3.8, 4) is 0 Å². The minimum Gasteiger partial charge on any atom is -0.316 e. The Bertz CT molecular complexity index is 459. The van der Waals surface area contributed by atoms with Gasteiger partial charge in [0.1, 0.15) is 0 Å². The maximum atomic E-state index is 3.59. The molecule has 1 nitrogen and oxygen atoms in total. The predicted octanol–water partition coefficient (Wildman–Crippen LogP) is 4.25. The smallest absolute Gasteiger partial charge is 0.0115 e. The first-order valence-electron chi connectivity index (χ1n) is 6.97. The fraction of sp³-hybridized carbons (Fsp3) is 0.412. The SMILES string of the molecule is CC(C)(CNCCCc1ccccc1)c1cccs1. The van der Waals surface area contributed by atoms with Crippen molar-refractivity contribution in [1.29, 1.82) is 0 Å². The van der Waals surface area contributed by atoms with E-state index in [1.807, 2.05) is 11.3 Å². The van der Waals surface area contributed by atoms with E-state index >= 15 is 0 Å². The van der Waals surface area contributed by atoms with E-state index in [9.17, 15) is 0 Å². The molecule has 0 amide bonds. The number of nitrogens with one attached hydrogen (secondary N) is 1. The predicted molar refractivity (Wildman–Crippen MR) is 85.0 cm³/mol. The Balaban J connectivity index is 1.67. The molecule has 1 heterocycles. The maximum Gasteiger partial charge on any atom is 0.0115 e. The molecule has 0 aliphatic heterocycles. The maximum absolute atomic E-state index is 3.59. The van der Waals surface area contributed by atoms with Crippen LogP contribution in [-0.2, 0) is 11.8 Å². The molecule has 0 bridgehead atoms. The van der Waals surface area contributed by atoms with Crippen molar-refractivity contribution in [2.24, 2.45) is 0 Å². The van der Waals surface area contributed by atoms with E-state index in [0.29, 0.717) is 0 Å². The monoisotopic (exact) mass is 273 g/mol. The molecule has 0 spiro atoms. The molecule has 102 valence electrons. The molecule has 19 heavy (non-hydrogen) atoms. The quantitative estimate of drug-likeness (QED) is 0.744. The van der Waals surface area contributed by atoms with Crippen molar-refractivity contribution in [2.45, 2.75) is 32.1 Å². The summed E-state index contributed by atoms with van der Waals surface area (Å²) in [4.78, 5) is 1.46. The molecule has 0 radical (unpaired) electrons. The highest BCUT2D eigenvalue weighted by atomic mass is 32.1. The Labute approximate surface area is 120 Å². The fourth-order valence-corrected chi connectivity index (χ4v) is 3.07. The molecule has 0 aliphatic carbocycles. The van der Waals surface area contributed by atoms with Gasteiger partial charge in [0.05, 0.1) is 0 Å². The molecular formula is C17H23NS. The topological polar surface area (TPSA) is 12.0 Å². The number of hydrogen-bond donors (Lipinski definition) is 1. The summed E-state index contributed by atoms with van der Waals surface area (Å²) in [5.41, 5.74) is 1.67. The molecule has 0 atom stereocenters. The second-order valence-corrected chi connectivity index (χ2v) is 6.57. The van der Waals surface area contributed by atoms with Gasteiger partial charge in [-0.2, -0.15) is 0 Å². The summed E-state index contributed by atoms with van der Waals surface area (Å²) in [5, 5.41) is 5.75. The van der Waals surface area contributed by atoms with Gasteiger partial charge in [-0.15, -0.1) is 11.3 Å². The lowest BCUT2D eigenvalue weighted by molar-refractivity contribution is 0.474. The molecule has 0 saturated heterocycles. The van der Waals surface area contributed by atoms with Crippen LogP contribution in [0.4, 0.5) is 0 Å². The Morgan fingerprint density at radius 2 is 1.84 bits per heavy atom. The Morgan fingerprint density at radius 3 is 2.53 bits per heavy atom. The van der Waals surface area contributed by atoms with Gasteiger partial charge in [-0.05, 0) is 36.4 Å². The molecule has 2 aromatic rings. The fourth-order valence-electron chi connectivity index (χ4n) is 2.21. The van der Waals surface area contributed by atoms with Crippen LogP contribution in [0.2, 0.25) is 0 Å². The zero-order valence-electron chi connectivity index (χ0n) is 11.9. The highest BCUT2D eigenvalue weighted by Crippen LogP contribution is 2.26. The molecule has 1 aromatic heterocycles. The van der Waals surface area contributed by atoms with Gasteiger partial charge < -0.3 is 5.32 Å². The third kappa shape index (κ3) is 4.48. The second kappa shape index (κ2) is 6.88. The van der Waals surface area contributed by atoms with Crippen molar-refractivity contribution in [3.05, 3.63) is 58.3 Å². The summed E-state index contributed by atoms with van der Waals surface area (Å²) in [6.07, 6.45) is 2.36. The van der Waals surface area contributed by atoms with Gasteiger partial charge in [0, 0.05) is 16.8 Å². The number of rotatable bonds is 7. The first kappa shape index (κ1) is 14.3. The molecule has 2 heteroatoms. The van der Waals surface area contributed by atoms with Gasteiger partial charge in [-0.1, -0.05) is 50.2 Å². The van der Waals surface area contributed by atoms with Crippen LogP contribution in [0.5, 0.6) is 0 Å². The third-order valence-electron chi connectivity index (χ3n) is 3.42. The molecule has 2 rings (SSSR count). The zero-order valence-corrected chi connectivity index (χ0v) is 12.7. The van der Waals surface area contributed by atoms with Gasteiger partial charge in [-0.3, -0.25) is 0 Å². The average molecular weight is 273 g/mol. The van der Waals surface area contributed by atoms with Gasteiger partial charge in [-0.25, -0.2) is 0 Å². The van der Waals surface area contributed by atoms with Gasteiger partial charge in [0.25, 0.3) is 0 Å². The Kier molecular flexibility index (Phi) is 5.17. The van der Waals surface area contributed by atoms with E-state index in [0.717, 1.165) is 19.5 Å². The van der Waals surface area contributed by atoms with Crippen LogP contribution in [0.1, 0.15) is 30.7 Å². The van der Waals surface area contributed by atoms with Crippen LogP contribution in [0.25, 0.3) is 0 Å². The molecule has 0 unspecified atom stereocenters. The number of hydrogen-bond acceptors (Lipinski definition) is 2. The highest BCUT2D eigenvalue weighted by molar-refractivity contribution is 7.10. The molecule has 0 aliphatic rings. The van der Waals surface area contributed by atoms with E-state index < -0.39 is 0 Å². The van der Waals surface area contributed by atoms with Crippen LogP contribution in [0, 0.1) is 0 Å². The van der Waals surface area contributed by atoms with Crippen LogP contribution in [0.15, 0.2) is 47.8 Å². The van der Waals surface area contributed by atoms with Crippen LogP contribution in [-0.4, -0.2) is 13.1 Å². The summed E-state index contributed by atoms with van der Waals surface area (Å²) in [6, 6.07) is 15.1. The van der Waals surface area contributed by atoms with E-state index in [1.165, 1.54) is 16.9 Å². The molecule has 1 aromatic carbocycles. The van der Waals surface area contributed by atoms with Crippen molar-refractivity contribution in [1.82, 2.24) is 5.32 Å². The van der Waals surface area contributed by atoms with Crippen LogP contribution in [0.3, 0.4) is 0 Å². The lowest BCUT2D eigenvalue weighted by Gasteiger charge is -2.23. The number of thiophene rings is 1. The molecule has 1 N–H and O–H groups in total.